The van der Waals surface area contributed by atoms with E-state index in [1.165, 1.54) is 12.0 Å². The number of carboxylic acid groups (broad SMARTS) is 1. The topological polar surface area (TPSA) is 78.8 Å². The van der Waals surface area contributed by atoms with Crippen LogP contribution in [0.1, 0.15) is 12.8 Å². The lowest BCUT2D eigenvalue weighted by Crippen LogP contribution is -2.45. The highest BCUT2D eigenvalue weighted by Crippen LogP contribution is 2.21. The number of anilines is 1. The summed E-state index contributed by atoms with van der Waals surface area (Å²) in [7, 11) is 3.16. The molecule has 0 aliphatic carbocycles. The van der Waals surface area contributed by atoms with E-state index in [1.54, 1.807) is 13.2 Å². The van der Waals surface area contributed by atoms with E-state index < -0.39 is 6.09 Å². The van der Waals surface area contributed by atoms with Crippen LogP contribution in [0, 0.1) is 0 Å². The molecule has 0 atom stereocenters. The molecule has 1 fully saturated rings. The molecule has 1 N–H and O–H groups in total. The number of carbonyl (C=O) groups is 1. The first kappa shape index (κ1) is 13.4. The van der Waals surface area contributed by atoms with Crippen LogP contribution in [0.2, 0.25) is 0 Å². The van der Waals surface area contributed by atoms with Gasteiger partial charge in [-0.15, -0.1) is 0 Å². The quantitative estimate of drug-likeness (QED) is 0.881. The lowest BCUT2D eigenvalue weighted by molar-refractivity contribution is 0.131. The number of amides is 1. The van der Waals surface area contributed by atoms with Crippen molar-refractivity contribution >= 4 is 11.9 Å². The zero-order chi connectivity index (χ0) is 13.8. The molecule has 1 aliphatic heterocycles. The average Bonchev–Trinajstić information content (AvgIpc) is 2.46. The second kappa shape index (κ2) is 5.73. The van der Waals surface area contributed by atoms with Gasteiger partial charge in [0.05, 0.1) is 7.11 Å². The zero-order valence-electron chi connectivity index (χ0n) is 11.1. The predicted octanol–water partition coefficient (Wildman–Crippen LogP) is 1.06. The summed E-state index contributed by atoms with van der Waals surface area (Å²) in [5, 5.41) is 8.96. The van der Waals surface area contributed by atoms with E-state index in [0.29, 0.717) is 6.01 Å². The summed E-state index contributed by atoms with van der Waals surface area (Å²) in [6.07, 6.45) is 2.39. The van der Waals surface area contributed by atoms with Gasteiger partial charge in [-0.1, -0.05) is 0 Å². The molecule has 7 heteroatoms. The summed E-state index contributed by atoms with van der Waals surface area (Å²) in [4.78, 5) is 22.7. The minimum absolute atomic E-state index is 0.0810. The van der Waals surface area contributed by atoms with E-state index in [-0.39, 0.29) is 6.04 Å². The third kappa shape index (κ3) is 3.04. The Morgan fingerprint density at radius 3 is 2.79 bits per heavy atom. The average molecular weight is 266 g/mol. The third-order valence-corrected chi connectivity index (χ3v) is 3.44. The molecule has 1 saturated heterocycles. The normalized spacial score (nSPS) is 16.2. The van der Waals surface area contributed by atoms with E-state index in [0.717, 1.165) is 31.7 Å². The van der Waals surface area contributed by atoms with Crippen molar-refractivity contribution in [1.29, 1.82) is 0 Å². The Balaban J connectivity index is 1.97. The van der Waals surface area contributed by atoms with Gasteiger partial charge in [-0.2, -0.15) is 4.98 Å². The molecule has 2 heterocycles. The summed E-state index contributed by atoms with van der Waals surface area (Å²) in [5.74, 6) is 0.822. The fraction of sp³-hybridized carbons (Fsp3) is 0.583. The number of rotatable bonds is 3. The van der Waals surface area contributed by atoms with Gasteiger partial charge in [0.15, 0.2) is 0 Å². The number of ether oxygens (including phenoxy) is 1. The van der Waals surface area contributed by atoms with Crippen LogP contribution >= 0.6 is 0 Å². The smallest absolute Gasteiger partial charge is 0.407 e. The molecular weight excluding hydrogens is 248 g/mol. The molecule has 0 spiro atoms. The van der Waals surface area contributed by atoms with Crippen LogP contribution in [-0.4, -0.2) is 59.4 Å². The van der Waals surface area contributed by atoms with Crippen molar-refractivity contribution in [2.75, 3.05) is 32.1 Å². The number of piperidine rings is 1. The lowest BCUT2D eigenvalue weighted by atomic mass is 10.0. The highest BCUT2D eigenvalue weighted by molar-refractivity contribution is 5.65. The molecule has 1 amide bonds. The number of hydrogen-bond donors (Lipinski definition) is 1. The summed E-state index contributed by atoms with van der Waals surface area (Å²) in [6, 6.07) is 2.27. The zero-order valence-corrected chi connectivity index (χ0v) is 11.1. The van der Waals surface area contributed by atoms with Gasteiger partial charge in [0.2, 0.25) is 0 Å². The van der Waals surface area contributed by atoms with Gasteiger partial charge < -0.3 is 19.6 Å². The third-order valence-electron chi connectivity index (χ3n) is 3.44. The molecule has 0 aromatic carbocycles. The number of methoxy groups -OCH3 is 1. The Morgan fingerprint density at radius 1 is 1.53 bits per heavy atom. The predicted molar refractivity (Wildman–Crippen MR) is 69.6 cm³/mol. The van der Waals surface area contributed by atoms with Gasteiger partial charge in [0, 0.05) is 32.4 Å². The van der Waals surface area contributed by atoms with Crippen molar-refractivity contribution in [3.05, 3.63) is 12.3 Å². The minimum Gasteiger partial charge on any atom is -0.467 e. The number of hydrogen-bond acceptors (Lipinski definition) is 5. The molecule has 2 rings (SSSR count). The molecule has 0 saturated carbocycles. The number of aromatic nitrogens is 2. The van der Waals surface area contributed by atoms with Crippen LogP contribution < -0.4 is 9.64 Å². The fourth-order valence-corrected chi connectivity index (χ4v) is 2.24. The second-order valence-electron chi connectivity index (χ2n) is 4.51. The first-order valence-corrected chi connectivity index (χ1v) is 6.19. The van der Waals surface area contributed by atoms with E-state index in [2.05, 4.69) is 14.9 Å². The second-order valence-corrected chi connectivity index (χ2v) is 4.51. The summed E-state index contributed by atoms with van der Waals surface area (Å²) < 4.78 is 5.00. The maximum absolute atomic E-state index is 10.9. The monoisotopic (exact) mass is 266 g/mol. The Labute approximate surface area is 111 Å². The van der Waals surface area contributed by atoms with Gasteiger partial charge in [-0.05, 0) is 18.9 Å². The van der Waals surface area contributed by atoms with Crippen molar-refractivity contribution in [3.8, 4) is 6.01 Å². The summed E-state index contributed by atoms with van der Waals surface area (Å²) in [6.45, 7) is 1.56. The maximum Gasteiger partial charge on any atom is 0.407 e. The van der Waals surface area contributed by atoms with Crippen molar-refractivity contribution in [1.82, 2.24) is 14.9 Å². The Hall–Kier alpha value is -2.05. The van der Waals surface area contributed by atoms with Crippen molar-refractivity contribution in [2.45, 2.75) is 18.9 Å². The van der Waals surface area contributed by atoms with Crippen LogP contribution in [-0.2, 0) is 0 Å². The summed E-state index contributed by atoms with van der Waals surface area (Å²) in [5.41, 5.74) is 0. The van der Waals surface area contributed by atoms with Crippen LogP contribution in [0.3, 0.4) is 0 Å². The largest absolute Gasteiger partial charge is 0.467 e. The van der Waals surface area contributed by atoms with Crippen molar-refractivity contribution < 1.29 is 14.6 Å². The summed E-state index contributed by atoms with van der Waals surface area (Å²) >= 11 is 0. The Kier molecular flexibility index (Phi) is 4.03. The Bertz CT molecular complexity index is 446. The van der Waals surface area contributed by atoms with Gasteiger partial charge in [-0.25, -0.2) is 9.78 Å². The van der Waals surface area contributed by atoms with E-state index >= 15 is 0 Å². The molecule has 1 aromatic heterocycles. The molecule has 7 nitrogen and oxygen atoms in total. The molecule has 0 unspecified atom stereocenters. The standard InChI is InChI=1S/C12H18N4O3/c1-15(12(17)18)9-4-7-16(8-5-9)10-3-6-13-11(14-10)19-2/h3,6,9H,4-5,7-8H2,1-2H3,(H,17,18). The first-order valence-electron chi connectivity index (χ1n) is 6.19. The van der Waals surface area contributed by atoms with Crippen LogP contribution in [0.25, 0.3) is 0 Å². The van der Waals surface area contributed by atoms with E-state index in [4.69, 9.17) is 9.84 Å². The lowest BCUT2D eigenvalue weighted by Gasteiger charge is -2.36. The molecular formula is C12H18N4O3. The van der Waals surface area contributed by atoms with E-state index in [1.807, 2.05) is 6.07 Å². The van der Waals surface area contributed by atoms with Gasteiger partial charge in [0.25, 0.3) is 0 Å². The molecule has 0 radical (unpaired) electrons. The van der Waals surface area contributed by atoms with E-state index in [9.17, 15) is 4.79 Å². The SMILES string of the molecule is COc1nccc(N2CCC(N(C)C(=O)O)CC2)n1. The number of nitrogens with zero attached hydrogens (tertiary/aromatic N) is 4. The maximum atomic E-state index is 10.9. The molecule has 1 aromatic rings. The van der Waals surface area contributed by atoms with Gasteiger partial charge in [0.1, 0.15) is 5.82 Å². The fourth-order valence-electron chi connectivity index (χ4n) is 2.24. The first-order chi connectivity index (χ1) is 9.11. The highest BCUT2D eigenvalue weighted by atomic mass is 16.5. The molecule has 104 valence electrons. The van der Waals surface area contributed by atoms with Crippen LogP contribution in [0.5, 0.6) is 6.01 Å². The van der Waals surface area contributed by atoms with Gasteiger partial charge in [-0.3, -0.25) is 0 Å². The molecule has 0 bridgehead atoms. The molecule has 19 heavy (non-hydrogen) atoms. The van der Waals surface area contributed by atoms with Crippen LogP contribution in [0.15, 0.2) is 12.3 Å². The van der Waals surface area contributed by atoms with Crippen LogP contribution in [0.4, 0.5) is 10.6 Å². The minimum atomic E-state index is -0.873. The highest BCUT2D eigenvalue weighted by Gasteiger charge is 2.25. The Morgan fingerprint density at radius 2 is 2.21 bits per heavy atom. The van der Waals surface area contributed by atoms with Crippen molar-refractivity contribution in [2.24, 2.45) is 0 Å². The molecule has 1 aliphatic rings. The van der Waals surface area contributed by atoms with Gasteiger partial charge >= 0.3 is 12.1 Å². The van der Waals surface area contributed by atoms with Crippen molar-refractivity contribution in [3.63, 3.8) is 0 Å².